The van der Waals surface area contributed by atoms with Gasteiger partial charge in [-0.2, -0.15) is 0 Å². The second kappa shape index (κ2) is 5.46. The molecule has 1 aliphatic rings. The van der Waals surface area contributed by atoms with Gasteiger partial charge in [-0.3, -0.25) is 0 Å². The van der Waals surface area contributed by atoms with E-state index in [4.69, 9.17) is 17.2 Å². The number of nitrogens with zero attached hydrogens (tertiary/aromatic N) is 2. The van der Waals surface area contributed by atoms with Crippen LogP contribution in [0.3, 0.4) is 0 Å². The highest BCUT2D eigenvalue weighted by Gasteiger charge is 2.15. The van der Waals surface area contributed by atoms with E-state index in [9.17, 15) is 0 Å². The summed E-state index contributed by atoms with van der Waals surface area (Å²) in [5, 5.41) is 0. The van der Waals surface area contributed by atoms with E-state index in [0.29, 0.717) is 11.4 Å². The van der Waals surface area contributed by atoms with Crippen molar-refractivity contribution in [3.63, 3.8) is 0 Å². The summed E-state index contributed by atoms with van der Waals surface area (Å²) in [4.78, 5) is 4.79. The van der Waals surface area contributed by atoms with Gasteiger partial charge in [-0.15, -0.1) is 0 Å². The van der Waals surface area contributed by atoms with Crippen molar-refractivity contribution in [2.24, 2.45) is 0 Å². The Balaban J connectivity index is 1.96. The maximum Gasteiger partial charge on any atom is 0.0601 e. The average Bonchev–Trinajstić information content (AvgIpc) is 2.36. The molecule has 0 aromatic heterocycles. The molecular formula is C13H23N5. The number of benzene rings is 1. The van der Waals surface area contributed by atoms with Crippen LogP contribution in [-0.2, 0) is 6.42 Å². The van der Waals surface area contributed by atoms with E-state index < -0.39 is 0 Å². The Morgan fingerprint density at radius 1 is 1.00 bits per heavy atom. The van der Waals surface area contributed by atoms with Crippen LogP contribution in [0.1, 0.15) is 5.56 Å². The molecule has 1 fully saturated rings. The Hall–Kier alpha value is -1.46. The maximum atomic E-state index is 5.99. The van der Waals surface area contributed by atoms with Gasteiger partial charge in [0, 0.05) is 44.0 Å². The largest absolute Gasteiger partial charge is 0.398 e. The first kappa shape index (κ1) is 13.0. The summed E-state index contributed by atoms with van der Waals surface area (Å²) >= 11 is 0. The molecule has 1 aromatic carbocycles. The Bertz CT molecular complexity index is 410. The molecule has 5 nitrogen and oxygen atoms in total. The Kier molecular flexibility index (Phi) is 3.93. The highest BCUT2D eigenvalue weighted by molar-refractivity contribution is 5.74. The molecule has 0 saturated carbocycles. The van der Waals surface area contributed by atoms with E-state index in [1.165, 1.54) is 0 Å². The summed E-state index contributed by atoms with van der Waals surface area (Å²) in [5.41, 5.74) is 20.8. The third-order valence-corrected chi connectivity index (χ3v) is 3.70. The van der Waals surface area contributed by atoms with Crippen molar-refractivity contribution >= 4 is 17.1 Å². The molecule has 0 bridgehead atoms. The maximum absolute atomic E-state index is 5.99. The van der Waals surface area contributed by atoms with Gasteiger partial charge in [-0.05, 0) is 25.6 Å². The van der Waals surface area contributed by atoms with Gasteiger partial charge < -0.3 is 27.0 Å². The Labute approximate surface area is 109 Å². The average molecular weight is 249 g/mol. The van der Waals surface area contributed by atoms with Crippen LogP contribution in [-0.4, -0.2) is 49.6 Å². The first-order valence-corrected chi connectivity index (χ1v) is 6.41. The van der Waals surface area contributed by atoms with Gasteiger partial charge in [0.25, 0.3) is 0 Å². The highest BCUT2D eigenvalue weighted by atomic mass is 15.2. The van der Waals surface area contributed by atoms with Crippen LogP contribution in [0, 0.1) is 0 Å². The van der Waals surface area contributed by atoms with Crippen LogP contribution < -0.4 is 17.2 Å². The quantitative estimate of drug-likeness (QED) is 0.668. The first-order valence-electron chi connectivity index (χ1n) is 6.41. The lowest BCUT2D eigenvalue weighted by Gasteiger charge is -2.32. The van der Waals surface area contributed by atoms with Gasteiger partial charge in [0.15, 0.2) is 0 Å². The predicted octanol–water partition coefficient (Wildman–Crippen LogP) is 0.223. The van der Waals surface area contributed by atoms with Crippen LogP contribution in [0.15, 0.2) is 12.1 Å². The zero-order valence-corrected chi connectivity index (χ0v) is 11.0. The van der Waals surface area contributed by atoms with Gasteiger partial charge >= 0.3 is 0 Å². The molecule has 0 unspecified atom stereocenters. The molecule has 1 heterocycles. The van der Waals surface area contributed by atoms with Gasteiger partial charge in [0.1, 0.15) is 0 Å². The number of hydrogen-bond acceptors (Lipinski definition) is 5. The number of piperazine rings is 1. The molecule has 0 spiro atoms. The molecule has 100 valence electrons. The van der Waals surface area contributed by atoms with E-state index in [2.05, 4.69) is 16.8 Å². The molecule has 1 aliphatic heterocycles. The summed E-state index contributed by atoms with van der Waals surface area (Å²) in [5.74, 6) is 0. The molecule has 1 saturated heterocycles. The van der Waals surface area contributed by atoms with E-state index in [1.807, 2.05) is 6.07 Å². The normalized spacial score (nSPS) is 18.1. The number of nitrogen functional groups attached to an aromatic ring is 3. The summed E-state index contributed by atoms with van der Waals surface area (Å²) in [7, 11) is 2.16. The van der Waals surface area contributed by atoms with Gasteiger partial charge in [0.05, 0.1) is 11.4 Å². The summed E-state index contributed by atoms with van der Waals surface area (Å²) in [6, 6.07) is 3.61. The predicted molar refractivity (Wildman–Crippen MR) is 77.3 cm³/mol. The lowest BCUT2D eigenvalue weighted by Crippen LogP contribution is -2.45. The Morgan fingerprint density at radius 2 is 1.61 bits per heavy atom. The minimum atomic E-state index is 0.623. The lowest BCUT2D eigenvalue weighted by atomic mass is 10.1. The molecule has 18 heavy (non-hydrogen) atoms. The van der Waals surface area contributed by atoms with Gasteiger partial charge in [-0.1, -0.05) is 0 Å². The van der Waals surface area contributed by atoms with Gasteiger partial charge in [-0.25, -0.2) is 0 Å². The number of anilines is 3. The van der Waals surface area contributed by atoms with E-state index >= 15 is 0 Å². The van der Waals surface area contributed by atoms with Crippen molar-refractivity contribution in [1.82, 2.24) is 9.80 Å². The topological polar surface area (TPSA) is 84.5 Å². The third-order valence-electron chi connectivity index (χ3n) is 3.70. The molecular weight excluding hydrogens is 226 g/mol. The van der Waals surface area contributed by atoms with Crippen LogP contribution >= 0.6 is 0 Å². The fraction of sp³-hybridized carbons (Fsp3) is 0.538. The highest BCUT2D eigenvalue weighted by Crippen LogP contribution is 2.26. The minimum Gasteiger partial charge on any atom is -0.398 e. The van der Waals surface area contributed by atoms with Crippen molar-refractivity contribution in [2.75, 3.05) is 57.0 Å². The fourth-order valence-electron chi connectivity index (χ4n) is 2.32. The molecule has 1 aromatic rings. The summed E-state index contributed by atoms with van der Waals surface area (Å²) in [6.07, 6.45) is 0.867. The van der Waals surface area contributed by atoms with Crippen molar-refractivity contribution in [3.05, 3.63) is 17.7 Å². The first-order chi connectivity index (χ1) is 8.58. The van der Waals surface area contributed by atoms with Crippen LogP contribution in [0.5, 0.6) is 0 Å². The Morgan fingerprint density at radius 3 is 2.28 bits per heavy atom. The standard InChI is InChI=1S/C13H23N5/c1-17-6-8-18(9-7-17)5-4-10-11(14)2-3-12(15)13(10)16/h2-3H,4-9,14-16H2,1H3. The van der Waals surface area contributed by atoms with Crippen molar-refractivity contribution in [1.29, 1.82) is 0 Å². The van der Waals surface area contributed by atoms with Crippen LogP contribution in [0.25, 0.3) is 0 Å². The molecule has 0 atom stereocenters. The zero-order valence-electron chi connectivity index (χ0n) is 11.0. The molecule has 6 N–H and O–H groups in total. The van der Waals surface area contributed by atoms with Crippen molar-refractivity contribution in [2.45, 2.75) is 6.42 Å². The SMILES string of the molecule is CN1CCN(CCc2c(N)ccc(N)c2N)CC1. The number of likely N-dealkylation sites (N-methyl/N-ethyl adjacent to an activating group) is 1. The number of nitrogens with two attached hydrogens (primary N) is 3. The van der Waals surface area contributed by atoms with Crippen molar-refractivity contribution < 1.29 is 0 Å². The number of rotatable bonds is 3. The minimum absolute atomic E-state index is 0.623. The van der Waals surface area contributed by atoms with Crippen LogP contribution in [0.2, 0.25) is 0 Å². The molecule has 0 amide bonds. The van der Waals surface area contributed by atoms with E-state index in [1.54, 1.807) is 6.07 Å². The molecule has 0 aliphatic carbocycles. The molecule has 0 radical (unpaired) electrons. The molecule has 5 heteroatoms. The van der Waals surface area contributed by atoms with Gasteiger partial charge in [0.2, 0.25) is 0 Å². The monoisotopic (exact) mass is 249 g/mol. The summed E-state index contributed by atoms with van der Waals surface area (Å²) in [6.45, 7) is 5.47. The fourth-order valence-corrected chi connectivity index (χ4v) is 2.32. The molecule has 2 rings (SSSR count). The third kappa shape index (κ3) is 2.86. The second-order valence-corrected chi connectivity index (χ2v) is 5.03. The van der Waals surface area contributed by atoms with Crippen LogP contribution in [0.4, 0.5) is 17.1 Å². The van der Waals surface area contributed by atoms with E-state index in [-0.39, 0.29) is 0 Å². The lowest BCUT2D eigenvalue weighted by molar-refractivity contribution is 0.155. The summed E-state index contributed by atoms with van der Waals surface area (Å²) < 4.78 is 0. The zero-order chi connectivity index (χ0) is 13.1. The second-order valence-electron chi connectivity index (χ2n) is 5.03. The number of hydrogen-bond donors (Lipinski definition) is 3. The van der Waals surface area contributed by atoms with Crippen molar-refractivity contribution in [3.8, 4) is 0 Å². The smallest absolute Gasteiger partial charge is 0.0601 e. The van der Waals surface area contributed by atoms with E-state index in [0.717, 1.165) is 50.4 Å².